The van der Waals surface area contributed by atoms with Crippen molar-refractivity contribution in [3.63, 3.8) is 0 Å². The smallest absolute Gasteiger partial charge is 0.341 e. The minimum absolute atomic E-state index is 0.303. The summed E-state index contributed by atoms with van der Waals surface area (Å²) < 4.78 is 10.6. The van der Waals surface area contributed by atoms with Gasteiger partial charge in [-0.25, -0.2) is 4.79 Å². The highest BCUT2D eigenvalue weighted by atomic mass is 16.5. The van der Waals surface area contributed by atoms with Gasteiger partial charge in [0.15, 0.2) is 0 Å². The minimum Gasteiger partial charge on any atom is -0.494 e. The van der Waals surface area contributed by atoms with Crippen molar-refractivity contribution < 1.29 is 14.3 Å². The predicted octanol–water partition coefficient (Wildman–Crippen LogP) is 4.78. The third-order valence-electron chi connectivity index (χ3n) is 4.31. The molecule has 0 atom stereocenters. The molecule has 0 amide bonds. The average molecular weight is 350 g/mol. The Balaban J connectivity index is 2.25. The van der Waals surface area contributed by atoms with Crippen molar-refractivity contribution >= 4 is 28.2 Å². The van der Waals surface area contributed by atoms with Crippen molar-refractivity contribution in [2.24, 2.45) is 0 Å². The number of fused-ring (bicyclic) bond motifs is 1. The summed E-state index contributed by atoms with van der Waals surface area (Å²) >= 11 is 0. The molecule has 0 saturated carbocycles. The number of anilines is 2. The van der Waals surface area contributed by atoms with Gasteiger partial charge in [0, 0.05) is 17.3 Å². The van der Waals surface area contributed by atoms with Gasteiger partial charge in [-0.15, -0.1) is 0 Å². The molecule has 0 saturated heterocycles. The number of carbonyl (C=O) groups is 1. The molecule has 3 rings (SSSR count). The van der Waals surface area contributed by atoms with Gasteiger partial charge in [-0.2, -0.15) is 0 Å². The van der Waals surface area contributed by atoms with E-state index in [0.29, 0.717) is 29.1 Å². The summed E-state index contributed by atoms with van der Waals surface area (Å²) in [4.78, 5) is 16.9. The van der Waals surface area contributed by atoms with Crippen molar-refractivity contribution in [1.82, 2.24) is 4.98 Å². The van der Waals surface area contributed by atoms with Crippen LogP contribution in [0.3, 0.4) is 0 Å². The van der Waals surface area contributed by atoms with E-state index < -0.39 is 5.97 Å². The van der Waals surface area contributed by atoms with Crippen molar-refractivity contribution in [2.45, 2.75) is 20.8 Å². The van der Waals surface area contributed by atoms with Gasteiger partial charge in [-0.3, -0.25) is 4.98 Å². The normalized spacial score (nSPS) is 10.6. The van der Waals surface area contributed by atoms with Crippen LogP contribution in [-0.4, -0.2) is 24.7 Å². The number of ether oxygens (including phenoxy) is 2. The third-order valence-corrected chi connectivity index (χ3v) is 4.31. The van der Waals surface area contributed by atoms with E-state index in [-0.39, 0.29) is 0 Å². The maximum atomic E-state index is 12.5. The zero-order chi connectivity index (χ0) is 18.7. The van der Waals surface area contributed by atoms with Gasteiger partial charge in [0.2, 0.25) is 0 Å². The molecule has 5 nitrogen and oxygen atoms in total. The Morgan fingerprint density at radius 2 is 1.77 bits per heavy atom. The molecule has 1 N–H and O–H groups in total. The molecule has 0 bridgehead atoms. The van der Waals surface area contributed by atoms with Crippen LogP contribution in [0.1, 0.15) is 28.4 Å². The number of nitrogens with zero attached hydrogens (tertiary/aromatic N) is 1. The fraction of sp³-hybridized carbons (Fsp3) is 0.238. The van der Waals surface area contributed by atoms with Crippen LogP contribution in [0.15, 0.2) is 42.6 Å². The number of benzene rings is 2. The quantitative estimate of drug-likeness (QED) is 0.671. The standard InChI is InChI=1S/C21H22N2O3/c1-5-26-21(24)16-12-22-20-15(10-7-11-17(20)25-4)19(16)23-18-13(2)8-6-9-14(18)3/h6-12H,5H2,1-4H3,(H,22,23). The number of pyridine rings is 1. The molecular formula is C21H22N2O3. The van der Waals surface area contributed by atoms with Gasteiger partial charge in [-0.05, 0) is 38.0 Å². The number of aryl methyl sites for hydroxylation is 2. The molecule has 0 fully saturated rings. The van der Waals surface area contributed by atoms with Crippen LogP contribution in [0.2, 0.25) is 0 Å². The highest BCUT2D eigenvalue weighted by Gasteiger charge is 2.19. The van der Waals surface area contributed by atoms with E-state index in [1.54, 1.807) is 20.2 Å². The second kappa shape index (κ2) is 7.44. The zero-order valence-corrected chi connectivity index (χ0v) is 15.4. The topological polar surface area (TPSA) is 60.5 Å². The van der Waals surface area contributed by atoms with Gasteiger partial charge >= 0.3 is 5.97 Å². The molecule has 0 aliphatic rings. The number of carbonyl (C=O) groups excluding carboxylic acids is 1. The van der Waals surface area contributed by atoms with Gasteiger partial charge in [0.25, 0.3) is 0 Å². The molecule has 26 heavy (non-hydrogen) atoms. The highest BCUT2D eigenvalue weighted by molar-refractivity contribution is 6.07. The Kier molecular flexibility index (Phi) is 5.07. The highest BCUT2D eigenvalue weighted by Crippen LogP contribution is 2.35. The maximum Gasteiger partial charge on any atom is 0.341 e. The summed E-state index contributed by atoms with van der Waals surface area (Å²) in [6.45, 7) is 6.15. The number of methoxy groups -OCH3 is 1. The van der Waals surface area contributed by atoms with E-state index in [2.05, 4.69) is 10.3 Å². The molecule has 134 valence electrons. The van der Waals surface area contributed by atoms with Crippen LogP contribution in [0.5, 0.6) is 5.75 Å². The second-order valence-corrected chi connectivity index (χ2v) is 6.02. The van der Waals surface area contributed by atoms with Gasteiger partial charge in [-0.1, -0.05) is 30.3 Å². The van der Waals surface area contributed by atoms with Crippen molar-refractivity contribution in [1.29, 1.82) is 0 Å². The first-order valence-corrected chi connectivity index (χ1v) is 8.52. The summed E-state index contributed by atoms with van der Waals surface area (Å²) in [6.07, 6.45) is 1.54. The molecule has 1 aromatic heterocycles. The molecule has 1 heterocycles. The Morgan fingerprint density at radius 1 is 1.08 bits per heavy atom. The van der Waals surface area contributed by atoms with Gasteiger partial charge < -0.3 is 14.8 Å². The monoisotopic (exact) mass is 350 g/mol. The van der Waals surface area contributed by atoms with Gasteiger partial charge in [0.1, 0.15) is 16.8 Å². The number of nitrogens with one attached hydrogen (secondary N) is 1. The molecule has 2 aromatic carbocycles. The lowest BCUT2D eigenvalue weighted by Crippen LogP contribution is -2.10. The summed E-state index contributed by atoms with van der Waals surface area (Å²) in [5, 5.41) is 4.25. The van der Waals surface area contributed by atoms with Gasteiger partial charge in [0.05, 0.1) is 19.4 Å². The van der Waals surface area contributed by atoms with E-state index in [4.69, 9.17) is 9.47 Å². The fourth-order valence-corrected chi connectivity index (χ4v) is 3.00. The summed E-state index contributed by atoms with van der Waals surface area (Å²) in [7, 11) is 1.61. The molecule has 0 spiro atoms. The van der Waals surface area contributed by atoms with Crippen LogP contribution in [0, 0.1) is 13.8 Å². The summed E-state index contributed by atoms with van der Waals surface area (Å²) in [5.74, 6) is 0.251. The SMILES string of the molecule is CCOC(=O)c1cnc2c(OC)cccc2c1Nc1c(C)cccc1C. The zero-order valence-electron chi connectivity index (χ0n) is 15.4. The molecule has 0 aliphatic heterocycles. The van der Waals surface area contributed by atoms with Crippen LogP contribution < -0.4 is 10.1 Å². The second-order valence-electron chi connectivity index (χ2n) is 6.02. The van der Waals surface area contributed by atoms with Crippen LogP contribution >= 0.6 is 0 Å². The van der Waals surface area contributed by atoms with E-state index in [1.807, 2.05) is 50.2 Å². The molecule has 3 aromatic rings. The maximum absolute atomic E-state index is 12.5. The van der Waals surface area contributed by atoms with E-state index in [9.17, 15) is 4.79 Å². The third kappa shape index (κ3) is 3.20. The Labute approximate surface area is 153 Å². The Hall–Kier alpha value is -3.08. The molecule has 0 unspecified atom stereocenters. The number of hydrogen-bond donors (Lipinski definition) is 1. The number of para-hydroxylation sites is 2. The molecular weight excluding hydrogens is 328 g/mol. The van der Waals surface area contributed by atoms with Crippen molar-refractivity contribution in [3.05, 3.63) is 59.3 Å². The van der Waals surface area contributed by atoms with Crippen molar-refractivity contribution in [2.75, 3.05) is 19.0 Å². The number of hydrogen-bond acceptors (Lipinski definition) is 5. The summed E-state index contributed by atoms with van der Waals surface area (Å²) in [6, 6.07) is 11.7. The first-order chi connectivity index (χ1) is 12.6. The van der Waals surface area contributed by atoms with Crippen LogP contribution in [0.25, 0.3) is 10.9 Å². The molecule has 0 radical (unpaired) electrons. The minimum atomic E-state index is -0.404. The first kappa shape index (κ1) is 17.7. The Bertz CT molecular complexity index is 947. The van der Waals surface area contributed by atoms with E-state index in [0.717, 1.165) is 22.2 Å². The predicted molar refractivity (Wildman–Crippen MR) is 103 cm³/mol. The van der Waals surface area contributed by atoms with Crippen LogP contribution in [0.4, 0.5) is 11.4 Å². The lowest BCUT2D eigenvalue weighted by molar-refractivity contribution is 0.0527. The van der Waals surface area contributed by atoms with Crippen LogP contribution in [-0.2, 0) is 4.74 Å². The first-order valence-electron chi connectivity index (χ1n) is 8.52. The lowest BCUT2D eigenvalue weighted by atomic mass is 10.1. The molecule has 0 aliphatic carbocycles. The average Bonchev–Trinajstić information content (AvgIpc) is 2.64. The van der Waals surface area contributed by atoms with E-state index >= 15 is 0 Å². The van der Waals surface area contributed by atoms with Crippen molar-refractivity contribution in [3.8, 4) is 5.75 Å². The molecule has 5 heteroatoms. The fourth-order valence-electron chi connectivity index (χ4n) is 3.00. The van der Waals surface area contributed by atoms with E-state index in [1.165, 1.54) is 0 Å². The summed E-state index contributed by atoms with van der Waals surface area (Å²) in [5.41, 5.74) is 4.91. The number of esters is 1. The number of rotatable bonds is 5. The Morgan fingerprint density at radius 3 is 2.42 bits per heavy atom. The number of aromatic nitrogens is 1. The largest absolute Gasteiger partial charge is 0.494 e. The lowest BCUT2D eigenvalue weighted by Gasteiger charge is -2.18.